The van der Waals surface area contributed by atoms with E-state index in [-0.39, 0.29) is 5.91 Å². The highest BCUT2D eigenvalue weighted by molar-refractivity contribution is 5.96. The minimum Gasteiger partial charge on any atom is -0.477 e. The van der Waals surface area contributed by atoms with Crippen LogP contribution >= 0.6 is 0 Å². The molecular formula is C18H20FN5O2. The summed E-state index contributed by atoms with van der Waals surface area (Å²) in [6.45, 7) is 4.96. The number of hydrogen-bond donors (Lipinski definition) is 0. The molecule has 7 nitrogen and oxygen atoms in total. The maximum atomic E-state index is 13.9. The fourth-order valence-electron chi connectivity index (χ4n) is 3.83. The van der Waals surface area contributed by atoms with E-state index in [1.807, 2.05) is 16.7 Å². The summed E-state index contributed by atoms with van der Waals surface area (Å²) in [6.07, 6.45) is 4.47. The van der Waals surface area contributed by atoms with Crippen LogP contribution in [0.1, 0.15) is 17.3 Å². The molecule has 2 aliphatic heterocycles. The molecule has 4 rings (SSSR count). The monoisotopic (exact) mass is 357 g/mol. The van der Waals surface area contributed by atoms with Gasteiger partial charge in [0.1, 0.15) is 5.56 Å². The zero-order valence-corrected chi connectivity index (χ0v) is 14.5. The number of halogens is 1. The van der Waals surface area contributed by atoms with E-state index in [9.17, 15) is 9.18 Å². The molecule has 0 spiro atoms. The van der Waals surface area contributed by atoms with Crippen molar-refractivity contribution >= 4 is 11.7 Å². The quantitative estimate of drug-likeness (QED) is 0.828. The molecule has 0 aromatic carbocycles. The van der Waals surface area contributed by atoms with Crippen molar-refractivity contribution in [1.82, 2.24) is 19.9 Å². The van der Waals surface area contributed by atoms with Gasteiger partial charge in [-0.25, -0.2) is 15.0 Å². The lowest BCUT2D eigenvalue weighted by Gasteiger charge is -2.22. The molecule has 2 aromatic rings. The summed E-state index contributed by atoms with van der Waals surface area (Å²) in [5.74, 6) is 0.663. The number of carbonyl (C=O) groups is 1. The summed E-state index contributed by atoms with van der Waals surface area (Å²) in [5.41, 5.74) is 0.492. The Morgan fingerprint density at radius 1 is 1.15 bits per heavy atom. The van der Waals surface area contributed by atoms with Crippen molar-refractivity contribution in [2.24, 2.45) is 11.8 Å². The Morgan fingerprint density at radius 2 is 1.88 bits per heavy atom. The summed E-state index contributed by atoms with van der Waals surface area (Å²) in [4.78, 5) is 28.6. The van der Waals surface area contributed by atoms with Gasteiger partial charge in [-0.05, 0) is 19.1 Å². The van der Waals surface area contributed by atoms with Crippen molar-refractivity contribution < 1.29 is 13.9 Å². The van der Waals surface area contributed by atoms with Crippen molar-refractivity contribution in [2.45, 2.75) is 6.92 Å². The number of amides is 1. The number of likely N-dealkylation sites (tertiary alicyclic amines) is 1. The topological polar surface area (TPSA) is 71.5 Å². The Hall–Kier alpha value is -2.77. The molecule has 8 heteroatoms. The third-order valence-electron chi connectivity index (χ3n) is 4.99. The van der Waals surface area contributed by atoms with Crippen molar-refractivity contribution in [3.05, 3.63) is 42.2 Å². The second-order valence-corrected chi connectivity index (χ2v) is 6.60. The van der Waals surface area contributed by atoms with Crippen LogP contribution < -0.4 is 9.64 Å². The fraction of sp³-hybridized carbons (Fsp3) is 0.444. The molecule has 0 bridgehead atoms. The summed E-state index contributed by atoms with van der Waals surface area (Å²) < 4.78 is 19.3. The fourth-order valence-corrected chi connectivity index (χ4v) is 3.83. The molecule has 0 N–H and O–H groups in total. The molecule has 0 radical (unpaired) electrons. The van der Waals surface area contributed by atoms with Gasteiger partial charge in [-0.3, -0.25) is 4.79 Å². The van der Waals surface area contributed by atoms with E-state index in [4.69, 9.17) is 4.74 Å². The third-order valence-corrected chi connectivity index (χ3v) is 4.99. The minimum absolute atomic E-state index is 0.0619. The van der Waals surface area contributed by atoms with E-state index in [2.05, 4.69) is 15.0 Å². The van der Waals surface area contributed by atoms with Crippen LogP contribution in [0.25, 0.3) is 0 Å². The van der Waals surface area contributed by atoms with Crippen molar-refractivity contribution in [3.63, 3.8) is 0 Å². The molecular weight excluding hydrogens is 337 g/mol. The zero-order valence-electron chi connectivity index (χ0n) is 14.5. The van der Waals surface area contributed by atoms with Crippen LogP contribution in [0, 0.1) is 17.8 Å². The Morgan fingerprint density at radius 3 is 2.58 bits per heavy atom. The molecule has 2 fully saturated rings. The lowest BCUT2D eigenvalue weighted by molar-refractivity contribution is 0.0777. The molecule has 2 saturated heterocycles. The van der Waals surface area contributed by atoms with E-state index in [0.717, 1.165) is 0 Å². The normalized spacial score (nSPS) is 21.8. The van der Waals surface area contributed by atoms with Crippen molar-refractivity contribution in [1.29, 1.82) is 0 Å². The zero-order chi connectivity index (χ0) is 18.1. The molecule has 0 unspecified atom stereocenters. The standard InChI is InChI=1S/C18H20FN5O2/c1-2-26-17-14(4-3-5-22-17)18(25)24-10-12-8-23(9-13(12)11-24)16-15(19)20-6-7-21-16/h3-7,12-13H,2,8-11H2,1H3/t12-,13+. The molecule has 26 heavy (non-hydrogen) atoms. The molecule has 2 atom stereocenters. The first-order valence-corrected chi connectivity index (χ1v) is 8.76. The van der Waals surface area contributed by atoms with Crippen LogP contribution in [0.2, 0.25) is 0 Å². The Labute approximate surface area is 150 Å². The van der Waals surface area contributed by atoms with Gasteiger partial charge in [0, 0.05) is 56.6 Å². The second-order valence-electron chi connectivity index (χ2n) is 6.60. The van der Waals surface area contributed by atoms with Gasteiger partial charge < -0.3 is 14.5 Å². The molecule has 0 saturated carbocycles. The van der Waals surface area contributed by atoms with Gasteiger partial charge in [0.2, 0.25) is 5.88 Å². The van der Waals surface area contributed by atoms with E-state index in [1.54, 1.807) is 18.3 Å². The molecule has 1 amide bonds. The maximum absolute atomic E-state index is 13.9. The summed E-state index contributed by atoms with van der Waals surface area (Å²) in [6, 6.07) is 3.49. The lowest BCUT2D eigenvalue weighted by Crippen LogP contribution is -2.34. The first-order chi connectivity index (χ1) is 12.7. The van der Waals surface area contributed by atoms with Gasteiger partial charge in [0.15, 0.2) is 5.82 Å². The summed E-state index contributed by atoms with van der Waals surface area (Å²) in [7, 11) is 0. The first kappa shape index (κ1) is 16.7. The number of carbonyl (C=O) groups excluding carboxylic acids is 1. The van der Waals surface area contributed by atoms with E-state index in [1.165, 1.54) is 12.4 Å². The van der Waals surface area contributed by atoms with Gasteiger partial charge in [0.05, 0.1) is 6.61 Å². The number of rotatable bonds is 4. The van der Waals surface area contributed by atoms with Crippen LogP contribution in [0.5, 0.6) is 5.88 Å². The maximum Gasteiger partial charge on any atom is 0.259 e. The SMILES string of the molecule is CCOc1ncccc1C(=O)N1C[C@@H]2CN(c3nccnc3F)C[C@@H]2C1. The number of ether oxygens (including phenoxy) is 1. The van der Waals surface area contributed by atoms with Crippen LogP contribution in [-0.2, 0) is 0 Å². The Balaban J connectivity index is 1.45. The van der Waals surface area contributed by atoms with Gasteiger partial charge in [0.25, 0.3) is 11.9 Å². The molecule has 2 aliphatic rings. The predicted molar refractivity (Wildman–Crippen MR) is 92.5 cm³/mol. The number of fused-ring (bicyclic) bond motifs is 1. The summed E-state index contributed by atoms with van der Waals surface area (Å²) >= 11 is 0. The molecule has 136 valence electrons. The molecule has 0 aliphatic carbocycles. The number of hydrogen-bond acceptors (Lipinski definition) is 6. The Kier molecular flexibility index (Phi) is 4.40. The van der Waals surface area contributed by atoms with Gasteiger partial charge in [-0.2, -0.15) is 4.39 Å². The minimum atomic E-state index is -0.544. The average Bonchev–Trinajstić information content (AvgIpc) is 3.21. The van der Waals surface area contributed by atoms with Crippen LogP contribution in [-0.4, -0.2) is 58.5 Å². The number of nitrogens with zero attached hydrogens (tertiary/aromatic N) is 5. The number of aromatic nitrogens is 3. The number of pyridine rings is 1. The predicted octanol–water partition coefficient (Wildman–Crippen LogP) is 1.62. The smallest absolute Gasteiger partial charge is 0.259 e. The van der Waals surface area contributed by atoms with Crippen LogP contribution in [0.15, 0.2) is 30.7 Å². The molecule has 2 aromatic heterocycles. The van der Waals surface area contributed by atoms with Gasteiger partial charge >= 0.3 is 0 Å². The highest BCUT2D eigenvalue weighted by Gasteiger charge is 2.43. The highest BCUT2D eigenvalue weighted by Crippen LogP contribution is 2.34. The van der Waals surface area contributed by atoms with Gasteiger partial charge in [-0.15, -0.1) is 0 Å². The van der Waals surface area contributed by atoms with Crippen LogP contribution in [0.3, 0.4) is 0 Å². The van der Waals surface area contributed by atoms with E-state index >= 15 is 0 Å². The van der Waals surface area contributed by atoms with E-state index in [0.29, 0.717) is 61.9 Å². The Bertz CT molecular complexity index is 804. The summed E-state index contributed by atoms with van der Waals surface area (Å²) in [5, 5.41) is 0. The highest BCUT2D eigenvalue weighted by atomic mass is 19.1. The molecule has 4 heterocycles. The largest absolute Gasteiger partial charge is 0.477 e. The van der Waals surface area contributed by atoms with Crippen molar-refractivity contribution in [2.75, 3.05) is 37.7 Å². The average molecular weight is 357 g/mol. The number of anilines is 1. The van der Waals surface area contributed by atoms with Crippen molar-refractivity contribution in [3.8, 4) is 5.88 Å². The van der Waals surface area contributed by atoms with E-state index < -0.39 is 5.95 Å². The lowest BCUT2D eigenvalue weighted by atomic mass is 10.0. The first-order valence-electron chi connectivity index (χ1n) is 8.76. The third kappa shape index (κ3) is 2.95. The van der Waals surface area contributed by atoms with Gasteiger partial charge in [-0.1, -0.05) is 0 Å². The second kappa shape index (κ2) is 6.86. The van der Waals surface area contributed by atoms with Crippen LogP contribution in [0.4, 0.5) is 10.2 Å².